The minimum atomic E-state index is -0.203. The number of amides is 2. The van der Waals surface area contributed by atoms with Gasteiger partial charge in [-0.1, -0.05) is 0 Å². The predicted molar refractivity (Wildman–Crippen MR) is 76.2 cm³/mol. The average molecular weight is 276 g/mol. The molecular formula is C14H20N4O2. The van der Waals surface area contributed by atoms with Gasteiger partial charge in [0, 0.05) is 30.9 Å². The summed E-state index contributed by atoms with van der Waals surface area (Å²) in [4.78, 5) is 26.7. The maximum Gasteiger partial charge on any atom is 0.269 e. The van der Waals surface area contributed by atoms with E-state index in [1.54, 1.807) is 19.3 Å². The Morgan fingerprint density at radius 2 is 2.00 bits per heavy atom. The lowest BCUT2D eigenvalue weighted by atomic mass is 9.85. The zero-order chi connectivity index (χ0) is 14.5. The van der Waals surface area contributed by atoms with E-state index in [1.807, 2.05) is 6.07 Å². The van der Waals surface area contributed by atoms with Crippen LogP contribution < -0.4 is 16.4 Å². The number of nitrogens with zero attached hydrogens (tertiary/aromatic N) is 1. The van der Waals surface area contributed by atoms with Gasteiger partial charge in [0.05, 0.1) is 0 Å². The zero-order valence-corrected chi connectivity index (χ0v) is 11.6. The Morgan fingerprint density at radius 1 is 1.30 bits per heavy atom. The first-order valence-corrected chi connectivity index (χ1v) is 6.84. The highest BCUT2D eigenvalue weighted by Gasteiger charge is 2.24. The number of anilines is 1. The zero-order valence-electron chi connectivity index (χ0n) is 11.6. The standard InChI is InChI=1S/C14H20N4O2/c1-16-14(20)12-8-11(6-7-17-12)18-10-4-2-9(3-5-10)13(15)19/h6-10H,2-5H2,1H3,(H2,15,19)(H,16,20)(H,17,18). The Hall–Kier alpha value is -2.11. The minimum absolute atomic E-state index is 0.00641. The number of nitrogens with one attached hydrogen (secondary N) is 2. The first kappa shape index (κ1) is 14.3. The van der Waals surface area contributed by atoms with Gasteiger partial charge in [-0.25, -0.2) is 0 Å². The van der Waals surface area contributed by atoms with Crippen molar-refractivity contribution in [1.29, 1.82) is 0 Å². The molecule has 1 aromatic heterocycles. The van der Waals surface area contributed by atoms with E-state index in [0.29, 0.717) is 11.7 Å². The lowest BCUT2D eigenvalue weighted by Gasteiger charge is -2.28. The predicted octanol–water partition coefficient (Wildman–Crippen LogP) is 0.897. The minimum Gasteiger partial charge on any atom is -0.382 e. The van der Waals surface area contributed by atoms with Crippen LogP contribution >= 0.6 is 0 Å². The summed E-state index contributed by atoms with van der Waals surface area (Å²) in [5, 5.41) is 5.94. The summed E-state index contributed by atoms with van der Waals surface area (Å²) in [6, 6.07) is 3.89. The van der Waals surface area contributed by atoms with Crippen molar-refractivity contribution in [1.82, 2.24) is 10.3 Å². The Labute approximate surface area is 118 Å². The third kappa shape index (κ3) is 3.46. The maximum atomic E-state index is 11.5. The summed E-state index contributed by atoms with van der Waals surface area (Å²) >= 11 is 0. The van der Waals surface area contributed by atoms with Crippen molar-refractivity contribution in [3.05, 3.63) is 24.0 Å². The molecule has 6 heteroatoms. The molecule has 1 fully saturated rings. The highest BCUT2D eigenvalue weighted by atomic mass is 16.2. The van der Waals surface area contributed by atoms with Crippen LogP contribution in [0.4, 0.5) is 5.69 Å². The van der Waals surface area contributed by atoms with Crippen LogP contribution in [-0.4, -0.2) is 29.9 Å². The van der Waals surface area contributed by atoms with Crippen molar-refractivity contribution in [3.8, 4) is 0 Å². The van der Waals surface area contributed by atoms with Gasteiger partial charge in [-0.3, -0.25) is 14.6 Å². The average Bonchev–Trinajstić information content (AvgIpc) is 2.47. The number of carbonyl (C=O) groups is 2. The summed E-state index contributed by atoms with van der Waals surface area (Å²) in [5.41, 5.74) is 6.59. The van der Waals surface area contributed by atoms with Crippen molar-refractivity contribution in [2.24, 2.45) is 11.7 Å². The fourth-order valence-electron chi connectivity index (χ4n) is 2.53. The summed E-state index contributed by atoms with van der Waals surface area (Å²) in [6.45, 7) is 0. The molecule has 1 saturated carbocycles. The van der Waals surface area contributed by atoms with Gasteiger partial charge in [-0.15, -0.1) is 0 Å². The number of carbonyl (C=O) groups excluding carboxylic acids is 2. The second-order valence-electron chi connectivity index (χ2n) is 5.10. The summed E-state index contributed by atoms with van der Waals surface area (Å²) in [6.07, 6.45) is 5.07. The molecule has 0 radical (unpaired) electrons. The fraction of sp³-hybridized carbons (Fsp3) is 0.500. The molecule has 1 heterocycles. The van der Waals surface area contributed by atoms with Crippen molar-refractivity contribution in [3.63, 3.8) is 0 Å². The molecule has 0 aromatic carbocycles. The SMILES string of the molecule is CNC(=O)c1cc(NC2CCC(C(N)=O)CC2)ccn1. The van der Waals surface area contributed by atoms with Gasteiger partial charge in [0.15, 0.2) is 0 Å². The first-order valence-electron chi connectivity index (χ1n) is 6.84. The Morgan fingerprint density at radius 3 is 2.60 bits per heavy atom. The summed E-state index contributed by atoms with van der Waals surface area (Å²) < 4.78 is 0. The molecule has 0 atom stereocenters. The molecule has 0 saturated heterocycles. The lowest BCUT2D eigenvalue weighted by molar-refractivity contribution is -0.122. The topological polar surface area (TPSA) is 97.1 Å². The maximum absolute atomic E-state index is 11.5. The van der Waals surface area contributed by atoms with Crippen molar-refractivity contribution in [2.75, 3.05) is 12.4 Å². The molecule has 20 heavy (non-hydrogen) atoms. The van der Waals surface area contributed by atoms with Gasteiger partial charge in [-0.2, -0.15) is 0 Å². The van der Waals surface area contributed by atoms with E-state index >= 15 is 0 Å². The number of aromatic nitrogens is 1. The molecule has 4 N–H and O–H groups in total. The van der Waals surface area contributed by atoms with Gasteiger partial charge < -0.3 is 16.4 Å². The van der Waals surface area contributed by atoms with Gasteiger partial charge >= 0.3 is 0 Å². The van der Waals surface area contributed by atoms with Crippen LogP contribution in [0.15, 0.2) is 18.3 Å². The Balaban J connectivity index is 1.94. The van der Waals surface area contributed by atoms with Crippen LogP contribution in [0.5, 0.6) is 0 Å². The van der Waals surface area contributed by atoms with Gasteiger partial charge in [-0.05, 0) is 37.8 Å². The van der Waals surface area contributed by atoms with Crippen molar-refractivity contribution >= 4 is 17.5 Å². The molecule has 2 amide bonds. The van der Waals surface area contributed by atoms with Crippen LogP contribution in [0.2, 0.25) is 0 Å². The van der Waals surface area contributed by atoms with E-state index in [0.717, 1.165) is 31.4 Å². The smallest absolute Gasteiger partial charge is 0.269 e. The molecule has 6 nitrogen and oxygen atoms in total. The number of primary amides is 1. The highest BCUT2D eigenvalue weighted by Crippen LogP contribution is 2.26. The molecule has 2 rings (SSSR count). The normalized spacial score (nSPS) is 22.1. The third-order valence-corrected chi connectivity index (χ3v) is 3.72. The molecule has 0 spiro atoms. The van der Waals surface area contributed by atoms with E-state index in [2.05, 4.69) is 15.6 Å². The molecule has 0 bridgehead atoms. The molecular weight excluding hydrogens is 256 g/mol. The summed E-state index contributed by atoms with van der Waals surface area (Å²) in [5.74, 6) is -0.396. The Bertz CT molecular complexity index is 496. The largest absolute Gasteiger partial charge is 0.382 e. The molecule has 0 aliphatic heterocycles. The number of pyridine rings is 1. The first-order chi connectivity index (χ1) is 9.60. The van der Waals surface area contributed by atoms with Crippen LogP contribution in [-0.2, 0) is 4.79 Å². The second kappa shape index (κ2) is 6.36. The van der Waals surface area contributed by atoms with E-state index < -0.39 is 0 Å². The van der Waals surface area contributed by atoms with Gasteiger partial charge in [0.25, 0.3) is 5.91 Å². The lowest BCUT2D eigenvalue weighted by Crippen LogP contribution is -2.32. The van der Waals surface area contributed by atoms with Crippen molar-refractivity contribution in [2.45, 2.75) is 31.7 Å². The Kier molecular flexibility index (Phi) is 4.55. The van der Waals surface area contributed by atoms with E-state index in [1.165, 1.54) is 0 Å². The van der Waals surface area contributed by atoms with Crippen LogP contribution in [0, 0.1) is 5.92 Å². The molecule has 1 aromatic rings. The fourth-order valence-corrected chi connectivity index (χ4v) is 2.53. The third-order valence-electron chi connectivity index (χ3n) is 3.72. The summed E-state index contributed by atoms with van der Waals surface area (Å²) in [7, 11) is 1.58. The van der Waals surface area contributed by atoms with Crippen LogP contribution in [0.3, 0.4) is 0 Å². The van der Waals surface area contributed by atoms with Crippen LogP contribution in [0.25, 0.3) is 0 Å². The number of nitrogens with two attached hydrogens (primary N) is 1. The van der Waals surface area contributed by atoms with E-state index in [-0.39, 0.29) is 17.7 Å². The van der Waals surface area contributed by atoms with E-state index in [4.69, 9.17) is 5.73 Å². The monoisotopic (exact) mass is 276 g/mol. The van der Waals surface area contributed by atoms with Crippen molar-refractivity contribution < 1.29 is 9.59 Å². The van der Waals surface area contributed by atoms with E-state index in [9.17, 15) is 9.59 Å². The molecule has 1 aliphatic rings. The highest BCUT2D eigenvalue weighted by molar-refractivity contribution is 5.92. The molecule has 1 aliphatic carbocycles. The molecule has 108 valence electrons. The second-order valence-corrected chi connectivity index (χ2v) is 5.10. The number of rotatable bonds is 4. The van der Waals surface area contributed by atoms with Gasteiger partial charge in [0.1, 0.15) is 5.69 Å². The van der Waals surface area contributed by atoms with Gasteiger partial charge in [0.2, 0.25) is 5.91 Å². The number of hydrogen-bond acceptors (Lipinski definition) is 4. The van der Waals surface area contributed by atoms with Crippen LogP contribution in [0.1, 0.15) is 36.2 Å². The molecule has 0 unspecified atom stereocenters. The number of hydrogen-bond donors (Lipinski definition) is 3. The quantitative estimate of drug-likeness (QED) is 0.761.